The minimum absolute atomic E-state index is 0.256. The highest BCUT2D eigenvalue weighted by molar-refractivity contribution is 5.86. The van der Waals surface area contributed by atoms with Gasteiger partial charge in [0.1, 0.15) is 5.54 Å². The molecule has 2 aliphatic carbocycles. The highest BCUT2D eigenvalue weighted by Gasteiger charge is 2.50. The first-order valence-corrected chi connectivity index (χ1v) is 10.5. The molecule has 0 radical (unpaired) electrons. The summed E-state index contributed by atoms with van der Waals surface area (Å²) in [6.07, 6.45) is 3.54. The van der Waals surface area contributed by atoms with Gasteiger partial charge in [0, 0.05) is 11.3 Å². The van der Waals surface area contributed by atoms with E-state index in [1.165, 1.54) is 0 Å². The molecule has 0 aliphatic heterocycles. The van der Waals surface area contributed by atoms with E-state index in [-0.39, 0.29) is 17.7 Å². The number of carbonyl (C=O) groups is 1. The molecule has 2 N–H and O–H groups in total. The van der Waals surface area contributed by atoms with E-state index in [0.29, 0.717) is 37.3 Å². The lowest BCUT2D eigenvalue weighted by Gasteiger charge is -2.19. The molecular weight excluding hydrogens is 385 g/mol. The van der Waals surface area contributed by atoms with E-state index in [0.717, 1.165) is 35.1 Å². The predicted octanol–water partition coefficient (Wildman–Crippen LogP) is 5.22. The summed E-state index contributed by atoms with van der Waals surface area (Å²) >= 11 is 0. The Morgan fingerprint density at radius 3 is 2.57 bits per heavy atom. The van der Waals surface area contributed by atoms with Crippen LogP contribution in [0.15, 0.2) is 24.3 Å². The first kappa shape index (κ1) is 20.7. The zero-order chi connectivity index (χ0) is 21.5. The number of hydrogen-bond acceptors (Lipinski definition) is 4. The maximum absolute atomic E-state index is 15.4. The standard InChI is InChI=1S/C24H28FNO4/c1-4-29-22-15(3)14(2)11-20(21(22)25)19-8-5-17(26-24(9-10-24)23(27)28)12-16(19)13-30-18-6-7-18/h5,8,11-12,18,26H,4,6-7,9-10,13H2,1-3H3,(H,27,28). The Balaban J connectivity index is 1.74. The van der Waals surface area contributed by atoms with E-state index < -0.39 is 11.5 Å². The van der Waals surface area contributed by atoms with Crippen LogP contribution in [0.5, 0.6) is 5.75 Å². The number of carboxylic acids is 1. The van der Waals surface area contributed by atoms with Gasteiger partial charge in [0.2, 0.25) is 0 Å². The molecular formula is C24H28FNO4. The van der Waals surface area contributed by atoms with Gasteiger partial charge < -0.3 is 19.9 Å². The Kier molecular flexibility index (Phi) is 5.45. The van der Waals surface area contributed by atoms with E-state index >= 15 is 4.39 Å². The Morgan fingerprint density at radius 1 is 1.23 bits per heavy atom. The smallest absolute Gasteiger partial charge is 0.329 e. The second-order valence-electron chi connectivity index (χ2n) is 8.34. The third kappa shape index (κ3) is 4.01. The molecule has 5 nitrogen and oxygen atoms in total. The van der Waals surface area contributed by atoms with E-state index in [1.54, 1.807) is 0 Å². The van der Waals surface area contributed by atoms with Gasteiger partial charge in [-0.05, 0) is 86.9 Å². The number of rotatable bonds is 9. The summed E-state index contributed by atoms with van der Waals surface area (Å²) < 4.78 is 26.9. The van der Waals surface area contributed by atoms with Crippen molar-refractivity contribution in [3.8, 4) is 16.9 Å². The third-order valence-corrected chi connectivity index (χ3v) is 5.95. The summed E-state index contributed by atoms with van der Waals surface area (Å²) in [5.74, 6) is -0.937. The van der Waals surface area contributed by atoms with Crippen molar-refractivity contribution in [2.75, 3.05) is 11.9 Å². The molecule has 0 atom stereocenters. The molecule has 0 heterocycles. The zero-order valence-electron chi connectivity index (χ0n) is 17.7. The van der Waals surface area contributed by atoms with Gasteiger partial charge in [-0.25, -0.2) is 9.18 Å². The van der Waals surface area contributed by atoms with E-state index in [2.05, 4.69) is 5.32 Å². The summed E-state index contributed by atoms with van der Waals surface area (Å²) in [7, 11) is 0. The molecule has 0 saturated heterocycles. The SMILES string of the molecule is CCOc1c(C)c(C)cc(-c2ccc(NC3(C(=O)O)CC3)cc2COC2CC2)c1F. The Hall–Kier alpha value is -2.60. The highest BCUT2D eigenvalue weighted by Crippen LogP contribution is 2.41. The molecule has 2 aromatic rings. The number of halogens is 1. The predicted molar refractivity (Wildman–Crippen MR) is 114 cm³/mol. The fourth-order valence-corrected chi connectivity index (χ4v) is 3.66. The minimum atomic E-state index is -0.885. The quantitative estimate of drug-likeness (QED) is 0.590. The summed E-state index contributed by atoms with van der Waals surface area (Å²) in [5.41, 5.74) is 3.62. The van der Waals surface area contributed by atoms with Crippen molar-refractivity contribution in [2.24, 2.45) is 0 Å². The van der Waals surface area contributed by atoms with Crippen molar-refractivity contribution in [3.63, 3.8) is 0 Å². The number of aliphatic carboxylic acids is 1. The van der Waals surface area contributed by atoms with Crippen LogP contribution in [0.3, 0.4) is 0 Å². The number of hydrogen-bond donors (Lipinski definition) is 2. The van der Waals surface area contributed by atoms with Crippen molar-refractivity contribution in [1.29, 1.82) is 0 Å². The minimum Gasteiger partial charge on any atom is -0.490 e. The van der Waals surface area contributed by atoms with Crippen LogP contribution >= 0.6 is 0 Å². The van der Waals surface area contributed by atoms with Crippen molar-refractivity contribution in [2.45, 2.75) is 64.7 Å². The average molecular weight is 413 g/mol. The monoisotopic (exact) mass is 413 g/mol. The van der Waals surface area contributed by atoms with Gasteiger partial charge in [-0.1, -0.05) is 6.07 Å². The van der Waals surface area contributed by atoms with Gasteiger partial charge in [0.25, 0.3) is 0 Å². The van der Waals surface area contributed by atoms with Gasteiger partial charge in [-0.3, -0.25) is 0 Å². The maximum atomic E-state index is 15.4. The third-order valence-electron chi connectivity index (χ3n) is 5.95. The molecule has 0 bridgehead atoms. The number of aryl methyl sites for hydroxylation is 1. The first-order chi connectivity index (χ1) is 14.3. The molecule has 0 unspecified atom stereocenters. The lowest BCUT2D eigenvalue weighted by Crippen LogP contribution is -2.31. The summed E-state index contributed by atoms with van der Waals surface area (Å²) in [4.78, 5) is 11.5. The normalized spacial score (nSPS) is 16.9. The lowest BCUT2D eigenvalue weighted by molar-refractivity contribution is -0.138. The van der Waals surface area contributed by atoms with Crippen LogP contribution in [0.25, 0.3) is 11.1 Å². The molecule has 2 saturated carbocycles. The number of ether oxygens (including phenoxy) is 2. The topological polar surface area (TPSA) is 67.8 Å². The Bertz CT molecular complexity index is 980. The summed E-state index contributed by atoms with van der Waals surface area (Å²) in [6, 6.07) is 7.38. The van der Waals surface area contributed by atoms with E-state index in [1.807, 2.05) is 45.0 Å². The van der Waals surface area contributed by atoms with Crippen LogP contribution in [-0.4, -0.2) is 29.3 Å². The molecule has 2 fully saturated rings. The molecule has 0 amide bonds. The largest absolute Gasteiger partial charge is 0.490 e. The van der Waals surface area contributed by atoms with Crippen LogP contribution in [0.1, 0.15) is 49.3 Å². The lowest BCUT2D eigenvalue weighted by atomic mass is 9.94. The van der Waals surface area contributed by atoms with E-state index in [4.69, 9.17) is 9.47 Å². The van der Waals surface area contributed by atoms with Crippen LogP contribution in [-0.2, 0) is 16.1 Å². The van der Waals surface area contributed by atoms with Crippen LogP contribution in [0.4, 0.5) is 10.1 Å². The van der Waals surface area contributed by atoms with Crippen LogP contribution in [0, 0.1) is 19.7 Å². The molecule has 6 heteroatoms. The number of nitrogens with one attached hydrogen (secondary N) is 1. The number of anilines is 1. The van der Waals surface area contributed by atoms with Gasteiger partial charge in [0.15, 0.2) is 11.6 Å². The second-order valence-corrected chi connectivity index (χ2v) is 8.34. The van der Waals surface area contributed by atoms with Gasteiger partial charge in [-0.2, -0.15) is 0 Å². The fraction of sp³-hybridized carbons (Fsp3) is 0.458. The van der Waals surface area contributed by atoms with Crippen molar-refractivity contribution < 1.29 is 23.8 Å². The number of carboxylic acid groups (broad SMARTS) is 1. The molecule has 30 heavy (non-hydrogen) atoms. The average Bonchev–Trinajstić information content (AvgIpc) is 3.63. The Morgan fingerprint density at radius 2 is 1.97 bits per heavy atom. The summed E-state index contributed by atoms with van der Waals surface area (Å²) in [5, 5.41) is 12.6. The zero-order valence-corrected chi connectivity index (χ0v) is 17.7. The Labute approximate surface area is 176 Å². The molecule has 160 valence electrons. The van der Waals surface area contributed by atoms with Crippen molar-refractivity contribution in [1.82, 2.24) is 0 Å². The fourth-order valence-electron chi connectivity index (χ4n) is 3.66. The molecule has 2 aliphatic rings. The van der Waals surface area contributed by atoms with Gasteiger partial charge >= 0.3 is 5.97 Å². The van der Waals surface area contributed by atoms with Crippen LogP contribution in [0.2, 0.25) is 0 Å². The molecule has 0 spiro atoms. The maximum Gasteiger partial charge on any atom is 0.329 e. The van der Waals surface area contributed by atoms with Crippen molar-refractivity contribution >= 4 is 11.7 Å². The van der Waals surface area contributed by atoms with Crippen molar-refractivity contribution in [3.05, 3.63) is 46.8 Å². The summed E-state index contributed by atoms with van der Waals surface area (Å²) in [6.45, 7) is 6.38. The molecule has 2 aromatic carbocycles. The highest BCUT2D eigenvalue weighted by atomic mass is 19.1. The van der Waals surface area contributed by atoms with Gasteiger partial charge in [-0.15, -0.1) is 0 Å². The second kappa shape index (κ2) is 7.91. The molecule has 4 rings (SSSR count). The van der Waals surface area contributed by atoms with Gasteiger partial charge in [0.05, 0.1) is 19.3 Å². The molecule has 0 aromatic heterocycles. The first-order valence-electron chi connectivity index (χ1n) is 10.5. The number of benzene rings is 2. The van der Waals surface area contributed by atoms with E-state index in [9.17, 15) is 9.90 Å². The van der Waals surface area contributed by atoms with Crippen LogP contribution < -0.4 is 10.1 Å².